The lowest BCUT2D eigenvalue weighted by atomic mass is 10.2. The summed E-state index contributed by atoms with van der Waals surface area (Å²) in [5.41, 5.74) is 3.20. The van der Waals surface area contributed by atoms with Crippen LogP contribution in [0.25, 0.3) is 0 Å². The van der Waals surface area contributed by atoms with Crippen molar-refractivity contribution in [3.63, 3.8) is 0 Å². The largest absolute Gasteiger partial charge is 0.507 e. The minimum Gasteiger partial charge on any atom is -0.507 e. The number of carbonyl (C=O) groups is 1. The van der Waals surface area contributed by atoms with Crippen LogP contribution < -0.4 is 14.9 Å². The first-order valence-electron chi connectivity index (χ1n) is 6.59. The predicted molar refractivity (Wildman–Crippen MR) is 90.4 cm³/mol. The van der Waals surface area contributed by atoms with Crippen LogP contribution in [0.15, 0.2) is 46.0 Å². The van der Waals surface area contributed by atoms with Gasteiger partial charge in [-0.2, -0.15) is 5.10 Å². The lowest BCUT2D eigenvalue weighted by Gasteiger charge is -2.09. The van der Waals surface area contributed by atoms with Gasteiger partial charge in [0.05, 0.1) is 26.0 Å². The van der Waals surface area contributed by atoms with Crippen molar-refractivity contribution in [3.8, 4) is 17.2 Å². The molecule has 0 aromatic heterocycles. The van der Waals surface area contributed by atoms with Crippen molar-refractivity contribution in [2.24, 2.45) is 5.10 Å². The quantitative estimate of drug-likeness (QED) is 0.619. The number of hydrazone groups is 1. The Bertz CT molecular complexity index is 747. The van der Waals surface area contributed by atoms with Crippen molar-refractivity contribution in [2.45, 2.75) is 0 Å². The number of benzene rings is 2. The van der Waals surface area contributed by atoms with E-state index in [4.69, 9.17) is 9.47 Å². The monoisotopic (exact) mass is 378 g/mol. The van der Waals surface area contributed by atoms with Gasteiger partial charge in [0.25, 0.3) is 5.91 Å². The number of nitrogens with zero attached hydrogens (tertiary/aromatic N) is 1. The normalized spacial score (nSPS) is 10.6. The number of ether oxygens (including phenoxy) is 2. The summed E-state index contributed by atoms with van der Waals surface area (Å²) in [6, 6.07) is 9.69. The molecule has 23 heavy (non-hydrogen) atoms. The molecule has 6 nitrogen and oxygen atoms in total. The maximum Gasteiger partial charge on any atom is 0.275 e. The second-order valence-electron chi connectivity index (χ2n) is 4.44. The summed E-state index contributed by atoms with van der Waals surface area (Å²) >= 11 is 3.40. The van der Waals surface area contributed by atoms with Crippen LogP contribution in [-0.4, -0.2) is 31.4 Å². The zero-order chi connectivity index (χ0) is 16.8. The van der Waals surface area contributed by atoms with Gasteiger partial charge in [0.2, 0.25) is 0 Å². The fourth-order valence-electron chi connectivity index (χ4n) is 1.86. The van der Waals surface area contributed by atoms with Gasteiger partial charge in [-0.25, -0.2) is 5.43 Å². The number of carbonyl (C=O) groups excluding carboxylic acids is 1. The minimum atomic E-state index is -0.504. The molecule has 0 aliphatic rings. The van der Waals surface area contributed by atoms with E-state index in [1.807, 2.05) is 0 Å². The number of nitrogens with one attached hydrogen (secondary N) is 1. The van der Waals surface area contributed by atoms with E-state index in [9.17, 15) is 9.90 Å². The number of amides is 1. The van der Waals surface area contributed by atoms with Crippen LogP contribution >= 0.6 is 15.9 Å². The van der Waals surface area contributed by atoms with Gasteiger partial charge >= 0.3 is 0 Å². The van der Waals surface area contributed by atoms with E-state index in [1.165, 1.54) is 25.5 Å². The van der Waals surface area contributed by atoms with E-state index in [-0.39, 0.29) is 11.3 Å². The first-order chi connectivity index (χ1) is 11.1. The molecule has 0 aliphatic heterocycles. The summed E-state index contributed by atoms with van der Waals surface area (Å²) in [6.07, 6.45) is 1.46. The molecule has 0 fully saturated rings. The summed E-state index contributed by atoms with van der Waals surface area (Å²) < 4.78 is 11.1. The number of phenols is 1. The molecule has 0 unspecified atom stereocenters. The summed E-state index contributed by atoms with van der Waals surface area (Å²) in [5, 5.41) is 13.5. The molecule has 0 saturated carbocycles. The van der Waals surface area contributed by atoms with Crippen molar-refractivity contribution >= 4 is 28.1 Å². The summed E-state index contributed by atoms with van der Waals surface area (Å²) in [4.78, 5) is 11.9. The van der Waals surface area contributed by atoms with Crippen LogP contribution in [0.4, 0.5) is 0 Å². The molecule has 120 valence electrons. The second kappa shape index (κ2) is 7.64. The number of rotatable bonds is 5. The second-order valence-corrected chi connectivity index (χ2v) is 5.30. The van der Waals surface area contributed by atoms with E-state index in [1.54, 1.807) is 31.4 Å². The third kappa shape index (κ3) is 4.01. The Labute approximate surface area is 141 Å². The average Bonchev–Trinajstić information content (AvgIpc) is 2.56. The molecule has 7 heteroatoms. The minimum absolute atomic E-state index is 0.104. The van der Waals surface area contributed by atoms with E-state index in [0.29, 0.717) is 17.1 Å². The SMILES string of the molecule is COc1cc(Br)c(/C=N/NC(=O)c2ccccc2O)cc1OC. The molecule has 2 N–H and O–H groups in total. The maximum atomic E-state index is 11.9. The fourth-order valence-corrected chi connectivity index (χ4v) is 2.28. The van der Waals surface area contributed by atoms with Gasteiger partial charge in [-0.1, -0.05) is 12.1 Å². The van der Waals surface area contributed by atoms with E-state index < -0.39 is 5.91 Å². The number of phenolic OH excluding ortho intramolecular Hbond substituents is 1. The lowest BCUT2D eigenvalue weighted by Crippen LogP contribution is -2.17. The molecule has 2 rings (SSSR count). The molecular weight excluding hydrogens is 364 g/mol. The molecule has 2 aromatic carbocycles. The van der Waals surface area contributed by atoms with Gasteiger partial charge in [0.1, 0.15) is 5.75 Å². The topological polar surface area (TPSA) is 80.2 Å². The van der Waals surface area contributed by atoms with Gasteiger partial charge in [0, 0.05) is 10.0 Å². The van der Waals surface area contributed by atoms with Gasteiger partial charge < -0.3 is 14.6 Å². The van der Waals surface area contributed by atoms with Crippen molar-refractivity contribution in [3.05, 3.63) is 52.0 Å². The van der Waals surface area contributed by atoms with E-state index >= 15 is 0 Å². The van der Waals surface area contributed by atoms with Crippen molar-refractivity contribution in [1.82, 2.24) is 5.43 Å². The van der Waals surface area contributed by atoms with Crippen LogP contribution in [0, 0.1) is 0 Å². The molecule has 0 radical (unpaired) electrons. The molecule has 0 heterocycles. The van der Waals surface area contributed by atoms with Gasteiger partial charge in [-0.05, 0) is 40.2 Å². The van der Waals surface area contributed by atoms with Gasteiger partial charge in [-0.3, -0.25) is 4.79 Å². The van der Waals surface area contributed by atoms with E-state index in [2.05, 4.69) is 26.5 Å². The summed E-state index contributed by atoms with van der Waals surface area (Å²) in [5.74, 6) is 0.516. The van der Waals surface area contributed by atoms with Crippen LogP contribution in [0.2, 0.25) is 0 Å². The van der Waals surface area contributed by atoms with Gasteiger partial charge in [0.15, 0.2) is 11.5 Å². The van der Waals surface area contributed by atoms with Crippen LogP contribution in [0.5, 0.6) is 17.2 Å². The Kier molecular flexibility index (Phi) is 5.59. The van der Waals surface area contributed by atoms with Crippen LogP contribution in [0.1, 0.15) is 15.9 Å². The van der Waals surface area contributed by atoms with Gasteiger partial charge in [-0.15, -0.1) is 0 Å². The Morgan fingerprint density at radius 3 is 2.52 bits per heavy atom. The molecule has 1 amide bonds. The highest BCUT2D eigenvalue weighted by molar-refractivity contribution is 9.10. The Morgan fingerprint density at radius 2 is 1.87 bits per heavy atom. The maximum absolute atomic E-state index is 11.9. The highest BCUT2D eigenvalue weighted by atomic mass is 79.9. The lowest BCUT2D eigenvalue weighted by molar-refractivity contribution is 0.0952. The molecular formula is C16H15BrN2O4. The number of para-hydroxylation sites is 1. The predicted octanol–water partition coefficient (Wildman–Crippen LogP) is 2.94. The standard InChI is InChI=1S/C16H15BrN2O4/c1-22-14-7-10(12(17)8-15(14)23-2)9-18-19-16(21)11-5-3-4-6-13(11)20/h3-9,20H,1-2H3,(H,19,21)/b18-9+. The molecule has 0 atom stereocenters. The Balaban J connectivity index is 2.15. The smallest absolute Gasteiger partial charge is 0.275 e. The first kappa shape index (κ1) is 16.8. The third-order valence-electron chi connectivity index (χ3n) is 3.02. The zero-order valence-corrected chi connectivity index (χ0v) is 14.1. The Morgan fingerprint density at radius 1 is 1.22 bits per heavy atom. The molecule has 0 spiro atoms. The summed E-state index contributed by atoms with van der Waals surface area (Å²) in [6.45, 7) is 0. The van der Waals surface area contributed by atoms with Crippen LogP contribution in [0.3, 0.4) is 0 Å². The van der Waals surface area contributed by atoms with E-state index in [0.717, 1.165) is 4.47 Å². The number of hydrogen-bond donors (Lipinski definition) is 2. The highest BCUT2D eigenvalue weighted by Gasteiger charge is 2.10. The summed E-state index contributed by atoms with van der Waals surface area (Å²) in [7, 11) is 3.08. The molecule has 2 aromatic rings. The average molecular weight is 379 g/mol. The van der Waals surface area contributed by atoms with Crippen molar-refractivity contribution in [2.75, 3.05) is 14.2 Å². The fraction of sp³-hybridized carbons (Fsp3) is 0.125. The third-order valence-corrected chi connectivity index (χ3v) is 3.71. The number of aromatic hydroxyl groups is 1. The zero-order valence-electron chi connectivity index (χ0n) is 12.5. The number of hydrogen-bond acceptors (Lipinski definition) is 5. The highest BCUT2D eigenvalue weighted by Crippen LogP contribution is 2.32. The number of methoxy groups -OCH3 is 2. The molecule has 0 bridgehead atoms. The molecule has 0 saturated heterocycles. The first-order valence-corrected chi connectivity index (χ1v) is 7.39. The van der Waals surface area contributed by atoms with Crippen molar-refractivity contribution in [1.29, 1.82) is 0 Å². The van der Waals surface area contributed by atoms with Crippen molar-refractivity contribution < 1.29 is 19.4 Å². The Hall–Kier alpha value is -2.54. The van der Waals surface area contributed by atoms with Crippen LogP contribution in [-0.2, 0) is 0 Å². The number of halogens is 1. The molecule has 0 aliphatic carbocycles.